The van der Waals surface area contributed by atoms with Gasteiger partial charge in [0.25, 0.3) is 0 Å². The highest BCUT2D eigenvalue weighted by atomic mass is 16.1. The van der Waals surface area contributed by atoms with Crippen molar-refractivity contribution in [2.45, 2.75) is 25.7 Å². The van der Waals surface area contributed by atoms with Crippen molar-refractivity contribution in [2.75, 3.05) is 67.1 Å². The van der Waals surface area contributed by atoms with Crippen LogP contribution in [0.3, 0.4) is 0 Å². The van der Waals surface area contributed by atoms with E-state index < -0.39 is 0 Å². The van der Waals surface area contributed by atoms with Crippen molar-refractivity contribution in [3.05, 3.63) is 41.5 Å². The maximum absolute atomic E-state index is 13.8. The van der Waals surface area contributed by atoms with Gasteiger partial charge in [-0.1, -0.05) is 30.3 Å². The lowest BCUT2D eigenvalue weighted by Gasteiger charge is -2.32. The minimum atomic E-state index is 0.0269. The van der Waals surface area contributed by atoms with E-state index in [1.165, 1.54) is 12.8 Å². The Bertz CT molecular complexity index is 884. The molecule has 1 aromatic heterocycles. The fourth-order valence-corrected chi connectivity index (χ4v) is 4.68. The monoisotopic (exact) mass is 406 g/mol. The smallest absolute Gasteiger partial charge is 0.229 e. The van der Waals surface area contributed by atoms with Gasteiger partial charge in [0.2, 0.25) is 11.7 Å². The van der Waals surface area contributed by atoms with Gasteiger partial charge < -0.3 is 20.0 Å². The standard InChI is InChI=1S/C23H30N6O/c30-20(18-8-2-1-3-9-18)19-21(27-12-4-5-13-27)25-23(29-14-6-7-15-29)26-22(19)28-16-10-24-11-17-28/h1-3,8-9,24H,4-7,10-17H2. The molecule has 1 aromatic carbocycles. The third-order valence-corrected chi connectivity index (χ3v) is 6.33. The minimum absolute atomic E-state index is 0.0269. The summed E-state index contributed by atoms with van der Waals surface area (Å²) in [5.74, 6) is 2.45. The molecule has 0 atom stereocenters. The first-order valence-corrected chi connectivity index (χ1v) is 11.3. The van der Waals surface area contributed by atoms with Crippen molar-refractivity contribution in [3.63, 3.8) is 0 Å². The highest BCUT2D eigenvalue weighted by Crippen LogP contribution is 2.34. The van der Waals surface area contributed by atoms with Gasteiger partial charge >= 0.3 is 0 Å². The van der Waals surface area contributed by atoms with Crippen LogP contribution in [0.1, 0.15) is 41.6 Å². The normalized spacial score (nSPS) is 19.5. The summed E-state index contributed by atoms with van der Waals surface area (Å²) in [6.07, 6.45) is 4.64. The molecule has 30 heavy (non-hydrogen) atoms. The molecule has 3 aliphatic heterocycles. The summed E-state index contributed by atoms with van der Waals surface area (Å²) in [6.45, 7) is 7.40. The Morgan fingerprint density at radius 2 is 1.27 bits per heavy atom. The summed E-state index contributed by atoms with van der Waals surface area (Å²) in [7, 11) is 0. The van der Waals surface area contributed by atoms with Gasteiger partial charge in [0.15, 0.2) is 0 Å². The van der Waals surface area contributed by atoms with E-state index in [1.807, 2.05) is 30.3 Å². The fourth-order valence-electron chi connectivity index (χ4n) is 4.68. The number of aromatic nitrogens is 2. The van der Waals surface area contributed by atoms with Gasteiger partial charge in [-0.2, -0.15) is 9.97 Å². The Kier molecular flexibility index (Phi) is 5.53. The SMILES string of the molecule is O=C(c1ccccc1)c1c(N2CCCC2)nc(N2CCCC2)nc1N1CCNCC1. The van der Waals surface area contributed by atoms with Crippen molar-refractivity contribution < 1.29 is 4.79 Å². The third-order valence-electron chi connectivity index (χ3n) is 6.33. The molecule has 0 unspecified atom stereocenters. The second-order valence-electron chi connectivity index (χ2n) is 8.37. The van der Waals surface area contributed by atoms with Crippen molar-refractivity contribution in [2.24, 2.45) is 0 Å². The number of carbonyl (C=O) groups is 1. The molecule has 4 heterocycles. The Labute approximate surface area is 178 Å². The maximum atomic E-state index is 13.8. The number of anilines is 3. The van der Waals surface area contributed by atoms with Crippen LogP contribution in [-0.4, -0.2) is 68.1 Å². The molecule has 3 saturated heterocycles. The van der Waals surface area contributed by atoms with Gasteiger partial charge in [0, 0.05) is 57.9 Å². The van der Waals surface area contributed by atoms with Gasteiger partial charge in [-0.05, 0) is 25.7 Å². The molecule has 0 spiro atoms. The van der Waals surface area contributed by atoms with E-state index in [2.05, 4.69) is 20.0 Å². The van der Waals surface area contributed by atoms with Gasteiger partial charge in [0.05, 0.1) is 0 Å². The van der Waals surface area contributed by atoms with Gasteiger partial charge in [-0.3, -0.25) is 4.79 Å². The summed E-state index contributed by atoms with van der Waals surface area (Å²) in [5, 5.41) is 3.41. The van der Waals surface area contributed by atoms with Crippen molar-refractivity contribution in [3.8, 4) is 0 Å². The molecule has 5 rings (SSSR count). The summed E-state index contributed by atoms with van der Waals surface area (Å²) in [5.41, 5.74) is 1.37. The highest BCUT2D eigenvalue weighted by Gasteiger charge is 2.31. The van der Waals surface area contributed by atoms with Crippen LogP contribution in [0, 0.1) is 0 Å². The van der Waals surface area contributed by atoms with E-state index in [0.717, 1.165) is 82.8 Å². The molecular weight excluding hydrogens is 376 g/mol. The lowest BCUT2D eigenvalue weighted by atomic mass is 10.0. The minimum Gasteiger partial charge on any atom is -0.356 e. The second-order valence-corrected chi connectivity index (χ2v) is 8.37. The zero-order chi connectivity index (χ0) is 20.3. The lowest BCUT2D eigenvalue weighted by Crippen LogP contribution is -2.45. The highest BCUT2D eigenvalue weighted by molar-refractivity contribution is 6.15. The molecular formula is C23H30N6O. The van der Waals surface area contributed by atoms with E-state index in [1.54, 1.807) is 0 Å². The summed E-state index contributed by atoms with van der Waals surface area (Å²) in [6, 6.07) is 9.58. The quantitative estimate of drug-likeness (QED) is 0.765. The molecule has 3 fully saturated rings. The lowest BCUT2D eigenvalue weighted by molar-refractivity contribution is 0.103. The average Bonchev–Trinajstić information content (AvgIpc) is 3.54. The van der Waals surface area contributed by atoms with Crippen LogP contribution < -0.4 is 20.0 Å². The van der Waals surface area contributed by atoms with Gasteiger partial charge in [0.1, 0.15) is 17.2 Å². The first kappa shape index (κ1) is 19.3. The number of benzene rings is 1. The molecule has 0 amide bonds. The Morgan fingerprint density at radius 3 is 1.87 bits per heavy atom. The second kappa shape index (κ2) is 8.60. The van der Waals surface area contributed by atoms with Crippen LogP contribution in [0.4, 0.5) is 17.6 Å². The fraction of sp³-hybridized carbons (Fsp3) is 0.522. The zero-order valence-corrected chi connectivity index (χ0v) is 17.5. The van der Waals surface area contributed by atoms with Crippen LogP contribution in [0.25, 0.3) is 0 Å². The number of hydrogen-bond donors (Lipinski definition) is 1. The molecule has 0 saturated carbocycles. The molecule has 3 aliphatic rings. The number of hydrogen-bond acceptors (Lipinski definition) is 7. The number of nitrogens with zero attached hydrogens (tertiary/aromatic N) is 5. The van der Waals surface area contributed by atoms with Crippen LogP contribution in [-0.2, 0) is 0 Å². The average molecular weight is 407 g/mol. The maximum Gasteiger partial charge on any atom is 0.229 e. The van der Waals surface area contributed by atoms with E-state index >= 15 is 0 Å². The molecule has 0 bridgehead atoms. The van der Waals surface area contributed by atoms with Gasteiger partial charge in [-0.25, -0.2) is 0 Å². The van der Waals surface area contributed by atoms with Gasteiger partial charge in [-0.15, -0.1) is 0 Å². The van der Waals surface area contributed by atoms with E-state index in [9.17, 15) is 4.79 Å². The molecule has 0 radical (unpaired) electrons. The van der Waals surface area contributed by atoms with E-state index in [4.69, 9.17) is 9.97 Å². The van der Waals surface area contributed by atoms with Crippen LogP contribution >= 0.6 is 0 Å². The number of carbonyl (C=O) groups excluding carboxylic acids is 1. The van der Waals surface area contributed by atoms with Crippen molar-refractivity contribution in [1.82, 2.24) is 15.3 Å². The Hall–Kier alpha value is -2.67. The number of ketones is 1. The topological polar surface area (TPSA) is 64.6 Å². The van der Waals surface area contributed by atoms with Crippen LogP contribution in [0.15, 0.2) is 30.3 Å². The molecule has 0 aliphatic carbocycles. The first-order valence-electron chi connectivity index (χ1n) is 11.3. The van der Waals surface area contributed by atoms with E-state index in [0.29, 0.717) is 11.1 Å². The molecule has 1 N–H and O–H groups in total. The molecule has 2 aromatic rings. The predicted molar refractivity (Wildman–Crippen MR) is 120 cm³/mol. The largest absolute Gasteiger partial charge is 0.356 e. The molecule has 7 heteroatoms. The molecule has 158 valence electrons. The van der Waals surface area contributed by atoms with E-state index in [-0.39, 0.29) is 5.78 Å². The zero-order valence-electron chi connectivity index (χ0n) is 17.5. The summed E-state index contributed by atoms with van der Waals surface area (Å²) < 4.78 is 0. The number of piperazine rings is 1. The number of rotatable bonds is 5. The summed E-state index contributed by atoms with van der Waals surface area (Å²) in [4.78, 5) is 30.6. The van der Waals surface area contributed by atoms with Crippen molar-refractivity contribution in [1.29, 1.82) is 0 Å². The first-order chi connectivity index (χ1) is 14.8. The number of nitrogens with one attached hydrogen (secondary N) is 1. The van der Waals surface area contributed by atoms with Crippen LogP contribution in [0.5, 0.6) is 0 Å². The Morgan fingerprint density at radius 1 is 0.733 bits per heavy atom. The molecule has 7 nitrogen and oxygen atoms in total. The summed E-state index contributed by atoms with van der Waals surface area (Å²) >= 11 is 0. The predicted octanol–water partition coefficient (Wildman–Crippen LogP) is 2.32. The Balaban J connectivity index is 1.67. The third kappa shape index (κ3) is 3.74. The van der Waals surface area contributed by atoms with Crippen LogP contribution in [0.2, 0.25) is 0 Å². The van der Waals surface area contributed by atoms with Crippen molar-refractivity contribution >= 4 is 23.4 Å².